The van der Waals surface area contributed by atoms with Crippen molar-refractivity contribution in [1.82, 2.24) is 19.8 Å². The van der Waals surface area contributed by atoms with Crippen molar-refractivity contribution in [2.24, 2.45) is 0 Å². The Morgan fingerprint density at radius 2 is 2.33 bits per heavy atom. The summed E-state index contributed by atoms with van der Waals surface area (Å²) in [5.41, 5.74) is -0.804. The van der Waals surface area contributed by atoms with Crippen molar-refractivity contribution in [2.45, 2.75) is 31.4 Å². The maximum absolute atomic E-state index is 14.0. The van der Waals surface area contributed by atoms with Crippen LogP contribution in [0.4, 0.5) is 4.39 Å². The van der Waals surface area contributed by atoms with Crippen LogP contribution in [-0.4, -0.2) is 63.1 Å². The molecule has 1 aliphatic rings. The first-order valence-electron chi connectivity index (χ1n) is 8.96. The van der Waals surface area contributed by atoms with Crippen LogP contribution < -0.4 is 0 Å². The quantitative estimate of drug-likeness (QED) is 0.788. The lowest BCUT2D eigenvalue weighted by Crippen LogP contribution is -2.55. The van der Waals surface area contributed by atoms with E-state index in [2.05, 4.69) is 9.97 Å². The monoisotopic (exact) mass is 394 g/mol. The van der Waals surface area contributed by atoms with Crippen LogP contribution in [0.15, 0.2) is 30.6 Å². The second-order valence-electron chi connectivity index (χ2n) is 7.23. The van der Waals surface area contributed by atoms with Gasteiger partial charge >= 0.3 is 0 Å². The number of aromatic amines is 1. The standard InChI is InChI=1S/C19H24ClFN4O2/c1-24(11-17-22-7-8-23-17)12-19(27)6-3-9-25(13-19)18(26)10-14-15(20)4-2-5-16(14)21/h2,4-5,7-8,27H,3,6,9-13H2,1H3,(H,22,23). The molecule has 0 aliphatic carbocycles. The normalized spacial score (nSPS) is 20.3. The number of carbonyl (C=O) groups excluding carboxylic acids is 1. The summed E-state index contributed by atoms with van der Waals surface area (Å²) in [5.74, 6) is 0.106. The van der Waals surface area contributed by atoms with Crippen molar-refractivity contribution in [2.75, 3.05) is 26.7 Å². The number of imidazole rings is 1. The molecule has 0 saturated carbocycles. The second kappa shape index (κ2) is 8.37. The van der Waals surface area contributed by atoms with Crippen LogP contribution in [0.25, 0.3) is 0 Å². The Labute approximate surface area is 163 Å². The van der Waals surface area contributed by atoms with E-state index in [1.165, 1.54) is 12.1 Å². The molecule has 1 aliphatic heterocycles. The Morgan fingerprint density at radius 3 is 3.04 bits per heavy atom. The van der Waals surface area contributed by atoms with Crippen LogP contribution in [0, 0.1) is 5.82 Å². The number of halogens is 2. The molecule has 1 fully saturated rings. The molecule has 1 aromatic heterocycles. The van der Waals surface area contributed by atoms with E-state index in [1.54, 1.807) is 23.4 Å². The lowest BCUT2D eigenvalue weighted by atomic mass is 9.91. The molecule has 0 spiro atoms. The van der Waals surface area contributed by atoms with Crippen LogP contribution in [0.2, 0.25) is 5.02 Å². The van der Waals surface area contributed by atoms with E-state index < -0.39 is 11.4 Å². The van der Waals surface area contributed by atoms with E-state index in [0.29, 0.717) is 32.5 Å². The van der Waals surface area contributed by atoms with Gasteiger partial charge in [-0.1, -0.05) is 17.7 Å². The number of hydrogen-bond acceptors (Lipinski definition) is 4. The average molecular weight is 395 g/mol. The minimum atomic E-state index is -1.01. The molecule has 6 nitrogen and oxygen atoms in total. The summed E-state index contributed by atoms with van der Waals surface area (Å²) in [6.45, 7) is 1.77. The van der Waals surface area contributed by atoms with Crippen LogP contribution in [0.1, 0.15) is 24.2 Å². The lowest BCUT2D eigenvalue weighted by Gasteiger charge is -2.41. The molecule has 1 aromatic carbocycles. The highest BCUT2D eigenvalue weighted by Crippen LogP contribution is 2.25. The van der Waals surface area contributed by atoms with Crippen LogP contribution >= 0.6 is 11.6 Å². The van der Waals surface area contributed by atoms with E-state index in [9.17, 15) is 14.3 Å². The number of β-amino-alcohol motifs (C(OH)–C–C–N with tert-alkyl or cyclic N) is 1. The van der Waals surface area contributed by atoms with Gasteiger partial charge in [0.1, 0.15) is 11.6 Å². The Hall–Kier alpha value is -1.96. The van der Waals surface area contributed by atoms with Gasteiger partial charge in [-0.25, -0.2) is 9.37 Å². The minimum Gasteiger partial charge on any atom is -0.387 e. The van der Waals surface area contributed by atoms with Gasteiger partial charge in [-0.15, -0.1) is 0 Å². The SMILES string of the molecule is CN(Cc1ncc[nH]1)CC1(O)CCCN(C(=O)Cc2c(F)cccc2Cl)C1. The van der Waals surface area contributed by atoms with Crippen LogP contribution in [-0.2, 0) is 17.8 Å². The van der Waals surface area contributed by atoms with Crippen molar-refractivity contribution in [3.8, 4) is 0 Å². The molecule has 1 saturated heterocycles. The molecule has 1 unspecified atom stereocenters. The molecule has 146 valence electrons. The smallest absolute Gasteiger partial charge is 0.227 e. The van der Waals surface area contributed by atoms with E-state index in [4.69, 9.17) is 11.6 Å². The minimum absolute atomic E-state index is 0.107. The molecule has 1 amide bonds. The summed E-state index contributed by atoms with van der Waals surface area (Å²) in [6, 6.07) is 4.38. The predicted molar refractivity (Wildman–Crippen MR) is 101 cm³/mol. The summed E-state index contributed by atoms with van der Waals surface area (Å²) in [6.07, 6.45) is 4.64. The number of amides is 1. The fraction of sp³-hybridized carbons (Fsp3) is 0.474. The molecule has 27 heavy (non-hydrogen) atoms. The van der Waals surface area contributed by atoms with Gasteiger partial charge in [-0.05, 0) is 32.0 Å². The van der Waals surface area contributed by atoms with Gasteiger partial charge in [0.25, 0.3) is 0 Å². The largest absolute Gasteiger partial charge is 0.387 e. The molecule has 2 aromatic rings. The summed E-state index contributed by atoms with van der Waals surface area (Å²) in [5, 5.41) is 11.2. The molecular weight excluding hydrogens is 371 g/mol. The molecular formula is C19H24ClFN4O2. The lowest BCUT2D eigenvalue weighted by molar-refractivity contribution is -0.138. The number of H-pyrrole nitrogens is 1. The topological polar surface area (TPSA) is 72.5 Å². The van der Waals surface area contributed by atoms with E-state index >= 15 is 0 Å². The van der Waals surface area contributed by atoms with E-state index in [1.807, 2.05) is 11.9 Å². The van der Waals surface area contributed by atoms with Gasteiger partial charge in [-0.2, -0.15) is 0 Å². The number of nitrogens with one attached hydrogen (secondary N) is 1. The Kier molecular flexibility index (Phi) is 6.14. The third kappa shape index (κ3) is 5.06. The number of carbonyl (C=O) groups is 1. The zero-order chi connectivity index (χ0) is 19.4. The summed E-state index contributed by atoms with van der Waals surface area (Å²) >= 11 is 6.03. The molecule has 1 atom stereocenters. The van der Waals surface area contributed by atoms with Crippen LogP contribution in [0.3, 0.4) is 0 Å². The van der Waals surface area contributed by atoms with Gasteiger partial charge in [0, 0.05) is 36.1 Å². The first-order valence-corrected chi connectivity index (χ1v) is 9.34. The number of nitrogens with zero attached hydrogens (tertiary/aromatic N) is 3. The fourth-order valence-corrected chi connectivity index (χ4v) is 3.85. The van der Waals surface area contributed by atoms with Crippen LogP contribution in [0.5, 0.6) is 0 Å². The zero-order valence-corrected chi connectivity index (χ0v) is 16.0. The zero-order valence-electron chi connectivity index (χ0n) is 15.3. The Balaban J connectivity index is 1.61. The highest BCUT2D eigenvalue weighted by molar-refractivity contribution is 6.31. The van der Waals surface area contributed by atoms with Gasteiger partial charge in [-0.3, -0.25) is 9.69 Å². The van der Waals surface area contributed by atoms with Crippen molar-refractivity contribution in [1.29, 1.82) is 0 Å². The summed E-state index contributed by atoms with van der Waals surface area (Å²) in [4.78, 5) is 23.5. The van der Waals surface area contributed by atoms with Gasteiger partial charge in [0.2, 0.25) is 5.91 Å². The number of aliphatic hydroxyl groups is 1. The molecule has 0 bridgehead atoms. The third-order valence-corrected chi connectivity index (χ3v) is 5.19. The first-order chi connectivity index (χ1) is 12.9. The molecule has 0 radical (unpaired) electrons. The van der Waals surface area contributed by atoms with Gasteiger partial charge in [0.05, 0.1) is 25.1 Å². The number of rotatable bonds is 6. The molecule has 8 heteroatoms. The number of likely N-dealkylation sites (N-methyl/N-ethyl adjacent to an activating group) is 1. The average Bonchev–Trinajstić information content (AvgIpc) is 3.10. The maximum Gasteiger partial charge on any atom is 0.227 e. The third-order valence-electron chi connectivity index (χ3n) is 4.84. The summed E-state index contributed by atoms with van der Waals surface area (Å²) in [7, 11) is 1.90. The molecule has 3 rings (SSSR count). The number of aromatic nitrogens is 2. The van der Waals surface area contributed by atoms with E-state index in [-0.39, 0.29) is 29.5 Å². The highest BCUT2D eigenvalue weighted by atomic mass is 35.5. The summed E-state index contributed by atoms with van der Waals surface area (Å²) < 4.78 is 14.0. The van der Waals surface area contributed by atoms with Crippen molar-refractivity contribution in [3.05, 3.63) is 52.8 Å². The molecule has 2 heterocycles. The number of likely N-dealkylation sites (tertiary alicyclic amines) is 1. The Bertz CT molecular complexity index is 766. The second-order valence-corrected chi connectivity index (χ2v) is 7.64. The van der Waals surface area contributed by atoms with E-state index in [0.717, 1.165) is 5.82 Å². The maximum atomic E-state index is 14.0. The number of piperidine rings is 1. The van der Waals surface area contributed by atoms with Crippen molar-refractivity contribution in [3.63, 3.8) is 0 Å². The number of hydrogen-bond donors (Lipinski definition) is 2. The fourth-order valence-electron chi connectivity index (χ4n) is 3.62. The predicted octanol–water partition coefficient (Wildman–Crippen LogP) is 2.23. The molecule has 2 N–H and O–H groups in total. The number of benzene rings is 1. The van der Waals surface area contributed by atoms with Gasteiger partial charge in [0.15, 0.2) is 0 Å². The Morgan fingerprint density at radius 1 is 1.52 bits per heavy atom. The van der Waals surface area contributed by atoms with Crippen molar-refractivity contribution >= 4 is 17.5 Å². The van der Waals surface area contributed by atoms with Crippen molar-refractivity contribution < 1.29 is 14.3 Å². The highest BCUT2D eigenvalue weighted by Gasteiger charge is 2.36. The van der Waals surface area contributed by atoms with Gasteiger partial charge < -0.3 is 15.0 Å². The first kappa shape index (κ1) is 19.8.